The number of esters is 1. The van der Waals surface area contributed by atoms with Gasteiger partial charge in [-0.25, -0.2) is 0 Å². The molecule has 0 fully saturated rings. The van der Waals surface area contributed by atoms with Crippen LogP contribution in [0.5, 0.6) is 0 Å². The quantitative estimate of drug-likeness (QED) is 0.593. The minimum atomic E-state index is -0.833. The largest absolute Gasteiger partial charge is 0.481 e. The number of aliphatic carboxylic acids is 1. The van der Waals surface area contributed by atoms with Crippen molar-refractivity contribution in [3.8, 4) is 0 Å². The molecule has 0 amide bonds. The van der Waals surface area contributed by atoms with Gasteiger partial charge in [-0.15, -0.1) is 0 Å². The van der Waals surface area contributed by atoms with E-state index in [0.717, 1.165) is 6.92 Å². The number of carbonyl (C=O) groups excluding carboxylic acids is 1. The number of carboxylic acids is 1. The van der Waals surface area contributed by atoms with Crippen LogP contribution in [0, 0.1) is 0 Å². The van der Waals surface area contributed by atoms with E-state index >= 15 is 0 Å². The summed E-state index contributed by atoms with van der Waals surface area (Å²) in [4.78, 5) is 18.8. The summed E-state index contributed by atoms with van der Waals surface area (Å²) in [6.07, 6.45) is 0. The van der Waals surface area contributed by atoms with E-state index < -0.39 is 5.97 Å². The molecule has 11 heavy (non-hydrogen) atoms. The van der Waals surface area contributed by atoms with Crippen molar-refractivity contribution < 1.29 is 19.4 Å². The molecule has 0 aliphatic rings. The number of rotatable bonds is 1. The SMILES string of the molecule is C.CC(=O)O.CCOC(C)=O. The van der Waals surface area contributed by atoms with E-state index in [9.17, 15) is 4.79 Å². The first kappa shape index (κ1) is 16.5. The molecule has 0 heterocycles. The molecule has 1 N–H and O–H groups in total. The lowest BCUT2D eigenvalue weighted by atomic mass is 10.8. The lowest BCUT2D eigenvalue weighted by Crippen LogP contribution is -1.95. The highest BCUT2D eigenvalue weighted by Gasteiger charge is 1.81. The molecule has 0 spiro atoms. The van der Waals surface area contributed by atoms with Gasteiger partial charge >= 0.3 is 5.97 Å². The second-order valence-electron chi connectivity index (χ2n) is 1.44. The maximum Gasteiger partial charge on any atom is 0.302 e. The molecule has 68 valence electrons. The summed E-state index contributed by atoms with van der Waals surface area (Å²) in [5, 5.41) is 7.42. The lowest BCUT2D eigenvalue weighted by Gasteiger charge is -1.89. The van der Waals surface area contributed by atoms with Crippen LogP contribution in [0.15, 0.2) is 0 Å². The summed E-state index contributed by atoms with van der Waals surface area (Å²) in [5.74, 6) is -1.04. The highest BCUT2D eigenvalue weighted by atomic mass is 16.5. The van der Waals surface area contributed by atoms with Crippen molar-refractivity contribution in [2.24, 2.45) is 0 Å². The van der Waals surface area contributed by atoms with Crippen molar-refractivity contribution in [2.45, 2.75) is 28.2 Å². The van der Waals surface area contributed by atoms with Crippen molar-refractivity contribution in [1.82, 2.24) is 0 Å². The highest BCUT2D eigenvalue weighted by molar-refractivity contribution is 5.65. The minimum Gasteiger partial charge on any atom is -0.481 e. The fourth-order valence-corrected chi connectivity index (χ4v) is 0.203. The predicted molar refractivity (Wildman–Crippen MR) is 42.3 cm³/mol. The second-order valence-corrected chi connectivity index (χ2v) is 1.44. The molecule has 0 saturated carbocycles. The molecular weight excluding hydrogens is 148 g/mol. The second kappa shape index (κ2) is 11.7. The molecule has 0 aromatic carbocycles. The standard InChI is InChI=1S/C4H8O2.C2H4O2.CH4/c1-3-6-4(2)5;1-2(3)4;/h3H2,1-2H3;1H3,(H,3,4);1H4. The third kappa shape index (κ3) is 114. The van der Waals surface area contributed by atoms with Gasteiger partial charge in [-0.3, -0.25) is 9.59 Å². The highest BCUT2D eigenvalue weighted by Crippen LogP contribution is 1.69. The zero-order chi connectivity index (χ0) is 8.57. The minimum absolute atomic E-state index is 0. The molecule has 0 atom stereocenters. The Morgan fingerprint density at radius 2 is 1.64 bits per heavy atom. The van der Waals surface area contributed by atoms with E-state index in [-0.39, 0.29) is 13.4 Å². The fourth-order valence-electron chi connectivity index (χ4n) is 0.203. The Balaban J connectivity index is -0.000000114. The zero-order valence-corrected chi connectivity index (χ0v) is 6.38. The smallest absolute Gasteiger partial charge is 0.302 e. The number of ether oxygens (including phenoxy) is 1. The van der Waals surface area contributed by atoms with E-state index in [0.29, 0.717) is 6.61 Å². The number of hydrogen-bond acceptors (Lipinski definition) is 3. The van der Waals surface area contributed by atoms with Gasteiger partial charge in [0.25, 0.3) is 5.97 Å². The number of carboxylic acid groups (broad SMARTS) is 1. The van der Waals surface area contributed by atoms with Gasteiger partial charge in [-0.1, -0.05) is 7.43 Å². The van der Waals surface area contributed by atoms with Crippen LogP contribution in [0.4, 0.5) is 0 Å². The Morgan fingerprint density at radius 1 is 1.36 bits per heavy atom. The van der Waals surface area contributed by atoms with Crippen molar-refractivity contribution in [3.63, 3.8) is 0 Å². The molecule has 0 radical (unpaired) electrons. The van der Waals surface area contributed by atoms with Crippen LogP contribution in [0.1, 0.15) is 28.2 Å². The molecule has 0 saturated heterocycles. The summed E-state index contributed by atoms with van der Waals surface area (Å²) in [6.45, 7) is 4.74. The lowest BCUT2D eigenvalue weighted by molar-refractivity contribution is -0.140. The Labute approximate surface area is 67.2 Å². The molecule has 0 aliphatic heterocycles. The van der Waals surface area contributed by atoms with E-state index in [1.165, 1.54) is 6.92 Å². The average molecular weight is 164 g/mol. The third-order valence-electron chi connectivity index (χ3n) is 0.348. The van der Waals surface area contributed by atoms with Gasteiger partial charge in [-0.2, -0.15) is 0 Å². The predicted octanol–water partition coefficient (Wildman–Crippen LogP) is 1.30. The first-order valence-electron chi connectivity index (χ1n) is 2.83. The maximum absolute atomic E-state index is 9.82. The molecule has 4 nitrogen and oxygen atoms in total. The van der Waals surface area contributed by atoms with Gasteiger partial charge < -0.3 is 9.84 Å². The summed E-state index contributed by atoms with van der Waals surface area (Å²) < 4.78 is 4.40. The van der Waals surface area contributed by atoms with Crippen LogP contribution >= 0.6 is 0 Å². The summed E-state index contributed by atoms with van der Waals surface area (Å²) in [6, 6.07) is 0. The molecule has 0 aromatic rings. The average Bonchev–Trinajstić information content (AvgIpc) is 1.62. The van der Waals surface area contributed by atoms with E-state index in [4.69, 9.17) is 9.90 Å². The first-order valence-corrected chi connectivity index (χ1v) is 2.83. The van der Waals surface area contributed by atoms with Gasteiger partial charge in [0.2, 0.25) is 0 Å². The van der Waals surface area contributed by atoms with Crippen molar-refractivity contribution in [3.05, 3.63) is 0 Å². The Kier molecular flexibility index (Phi) is 17.5. The molecule has 0 bridgehead atoms. The van der Waals surface area contributed by atoms with Crippen LogP contribution in [-0.2, 0) is 14.3 Å². The summed E-state index contributed by atoms with van der Waals surface area (Å²) in [7, 11) is 0. The van der Waals surface area contributed by atoms with Crippen LogP contribution in [0.2, 0.25) is 0 Å². The normalized spacial score (nSPS) is 6.45. The Bertz CT molecular complexity index is 105. The topological polar surface area (TPSA) is 63.6 Å². The van der Waals surface area contributed by atoms with Crippen LogP contribution in [0.3, 0.4) is 0 Å². The van der Waals surface area contributed by atoms with Crippen LogP contribution in [-0.4, -0.2) is 23.7 Å². The monoisotopic (exact) mass is 164 g/mol. The molecule has 0 rings (SSSR count). The maximum atomic E-state index is 9.82. The van der Waals surface area contributed by atoms with Crippen molar-refractivity contribution >= 4 is 11.9 Å². The summed E-state index contributed by atoms with van der Waals surface area (Å²) >= 11 is 0. The fraction of sp³-hybridized carbons (Fsp3) is 0.714. The number of hydrogen-bond donors (Lipinski definition) is 1. The Morgan fingerprint density at radius 3 is 1.64 bits per heavy atom. The van der Waals surface area contributed by atoms with E-state index in [2.05, 4.69) is 4.74 Å². The van der Waals surface area contributed by atoms with Crippen LogP contribution in [0.25, 0.3) is 0 Å². The van der Waals surface area contributed by atoms with E-state index in [1.54, 1.807) is 6.92 Å². The molecule has 0 aliphatic carbocycles. The molecular formula is C7H16O4. The number of carbonyl (C=O) groups is 2. The molecule has 4 heteroatoms. The zero-order valence-electron chi connectivity index (χ0n) is 6.38. The van der Waals surface area contributed by atoms with Gasteiger partial charge in [-0.05, 0) is 6.92 Å². The Hall–Kier alpha value is -1.06. The van der Waals surface area contributed by atoms with Crippen molar-refractivity contribution in [1.29, 1.82) is 0 Å². The first-order chi connectivity index (χ1) is 4.50. The van der Waals surface area contributed by atoms with Gasteiger partial charge in [0.1, 0.15) is 0 Å². The molecule has 0 unspecified atom stereocenters. The molecule has 0 aromatic heterocycles. The van der Waals surface area contributed by atoms with E-state index in [1.807, 2.05) is 0 Å². The van der Waals surface area contributed by atoms with Crippen molar-refractivity contribution in [2.75, 3.05) is 6.61 Å². The third-order valence-corrected chi connectivity index (χ3v) is 0.348. The summed E-state index contributed by atoms with van der Waals surface area (Å²) in [5.41, 5.74) is 0. The van der Waals surface area contributed by atoms with Crippen LogP contribution < -0.4 is 0 Å². The van der Waals surface area contributed by atoms with Gasteiger partial charge in [0.15, 0.2) is 0 Å². The van der Waals surface area contributed by atoms with Gasteiger partial charge in [0.05, 0.1) is 6.61 Å². The van der Waals surface area contributed by atoms with Gasteiger partial charge in [0, 0.05) is 13.8 Å².